The highest BCUT2D eigenvalue weighted by Gasteiger charge is 2.36. The molecule has 0 saturated carbocycles. The van der Waals surface area contributed by atoms with E-state index in [1.54, 1.807) is 61.5 Å². The van der Waals surface area contributed by atoms with Crippen LogP contribution in [-0.2, 0) is 19.1 Å². The molecule has 0 unspecified atom stereocenters. The van der Waals surface area contributed by atoms with E-state index in [0.717, 1.165) is 16.7 Å². The summed E-state index contributed by atoms with van der Waals surface area (Å²) in [4.78, 5) is 50.0. The fourth-order valence-corrected chi connectivity index (χ4v) is 3.84. The molecule has 0 radical (unpaired) electrons. The third-order valence-corrected chi connectivity index (χ3v) is 5.90. The molecule has 1 fully saturated rings. The molecular formula is C25H26N2O7S. The zero-order chi connectivity index (χ0) is 25.4. The first kappa shape index (κ1) is 25.8. The number of ether oxygens (including phenoxy) is 3. The Balaban J connectivity index is 1.55. The molecule has 1 saturated heterocycles. The van der Waals surface area contributed by atoms with E-state index in [1.165, 1.54) is 7.11 Å². The van der Waals surface area contributed by atoms with Gasteiger partial charge in [0.05, 0.1) is 23.8 Å². The van der Waals surface area contributed by atoms with E-state index in [0.29, 0.717) is 29.2 Å². The number of nitrogens with one attached hydrogen (secondary N) is 1. The van der Waals surface area contributed by atoms with Crippen LogP contribution in [0.3, 0.4) is 0 Å². The molecule has 2 aromatic carbocycles. The molecule has 184 valence electrons. The van der Waals surface area contributed by atoms with Crippen LogP contribution >= 0.6 is 11.8 Å². The lowest BCUT2D eigenvalue weighted by Gasteiger charge is -2.14. The molecule has 35 heavy (non-hydrogen) atoms. The maximum absolute atomic E-state index is 12.6. The quantitative estimate of drug-likeness (QED) is 0.385. The van der Waals surface area contributed by atoms with Crippen LogP contribution in [-0.4, -0.2) is 54.3 Å². The molecule has 3 amide bonds. The molecule has 1 N–H and O–H groups in total. The Hall–Kier alpha value is -3.79. The molecule has 1 aliphatic heterocycles. The summed E-state index contributed by atoms with van der Waals surface area (Å²) in [6, 6.07) is 13.7. The Morgan fingerprint density at radius 3 is 2.51 bits per heavy atom. The van der Waals surface area contributed by atoms with Crippen molar-refractivity contribution in [3.63, 3.8) is 0 Å². The van der Waals surface area contributed by atoms with Gasteiger partial charge in [0.2, 0.25) is 0 Å². The summed E-state index contributed by atoms with van der Waals surface area (Å²) in [6.45, 7) is 2.99. The first-order valence-electron chi connectivity index (χ1n) is 10.9. The molecule has 10 heteroatoms. The van der Waals surface area contributed by atoms with Crippen molar-refractivity contribution in [1.29, 1.82) is 0 Å². The fraction of sp³-hybridized carbons (Fsp3) is 0.280. The Bertz CT molecular complexity index is 1130. The van der Waals surface area contributed by atoms with Gasteiger partial charge < -0.3 is 19.5 Å². The Morgan fingerprint density at radius 1 is 1.11 bits per heavy atom. The van der Waals surface area contributed by atoms with Crippen molar-refractivity contribution in [3.8, 4) is 11.5 Å². The van der Waals surface area contributed by atoms with E-state index in [-0.39, 0.29) is 23.5 Å². The normalized spacial score (nSPS) is 15.2. The molecule has 1 heterocycles. The van der Waals surface area contributed by atoms with Gasteiger partial charge in [-0.25, -0.2) is 0 Å². The van der Waals surface area contributed by atoms with Gasteiger partial charge in [0.15, 0.2) is 6.61 Å². The van der Waals surface area contributed by atoms with E-state index in [4.69, 9.17) is 14.2 Å². The summed E-state index contributed by atoms with van der Waals surface area (Å²) < 4.78 is 15.9. The topological polar surface area (TPSA) is 111 Å². The number of hydrogen-bond acceptors (Lipinski definition) is 8. The first-order chi connectivity index (χ1) is 16.8. The number of esters is 1. The summed E-state index contributed by atoms with van der Waals surface area (Å²) in [5.41, 5.74) is 1.20. The number of carbonyl (C=O) groups excluding carboxylic acids is 4. The van der Waals surface area contributed by atoms with Crippen molar-refractivity contribution in [3.05, 3.63) is 59.0 Å². The highest BCUT2D eigenvalue weighted by atomic mass is 32.2. The molecule has 0 bridgehead atoms. The number of carbonyl (C=O) groups is 4. The fourth-order valence-electron chi connectivity index (χ4n) is 3.01. The Morgan fingerprint density at radius 2 is 1.83 bits per heavy atom. The minimum absolute atomic E-state index is 0.205. The molecule has 3 rings (SSSR count). The van der Waals surface area contributed by atoms with Gasteiger partial charge in [0, 0.05) is 0 Å². The number of anilines is 1. The van der Waals surface area contributed by atoms with Crippen molar-refractivity contribution in [2.75, 3.05) is 25.6 Å². The molecule has 0 aliphatic carbocycles. The number of amides is 3. The van der Waals surface area contributed by atoms with Gasteiger partial charge in [0.25, 0.3) is 17.1 Å². The number of imide groups is 1. The number of hydrogen-bond donors (Lipinski definition) is 1. The van der Waals surface area contributed by atoms with Gasteiger partial charge >= 0.3 is 5.97 Å². The minimum Gasteiger partial charge on any atom is -0.495 e. The average Bonchev–Trinajstić information content (AvgIpc) is 3.11. The van der Waals surface area contributed by atoms with E-state index in [9.17, 15) is 19.2 Å². The van der Waals surface area contributed by atoms with E-state index in [1.807, 2.05) is 6.92 Å². The Kier molecular flexibility index (Phi) is 8.91. The summed E-state index contributed by atoms with van der Waals surface area (Å²) >= 11 is 0.762. The van der Waals surface area contributed by atoms with Gasteiger partial charge in [0.1, 0.15) is 18.0 Å². The number of benzene rings is 2. The number of nitrogens with zero attached hydrogens (tertiary/aromatic N) is 1. The lowest BCUT2D eigenvalue weighted by atomic mass is 10.2. The van der Waals surface area contributed by atoms with Crippen molar-refractivity contribution in [2.24, 2.45) is 0 Å². The first-order valence-corrected chi connectivity index (χ1v) is 11.7. The van der Waals surface area contributed by atoms with Gasteiger partial charge in [-0.3, -0.25) is 24.1 Å². The van der Waals surface area contributed by atoms with Gasteiger partial charge in [-0.2, -0.15) is 0 Å². The van der Waals surface area contributed by atoms with Crippen LogP contribution in [0.25, 0.3) is 6.08 Å². The summed E-state index contributed by atoms with van der Waals surface area (Å²) in [5, 5.41) is 2.20. The second-order valence-corrected chi connectivity index (χ2v) is 8.58. The van der Waals surface area contributed by atoms with Crippen LogP contribution in [0.1, 0.15) is 25.8 Å². The van der Waals surface area contributed by atoms with Crippen molar-refractivity contribution in [1.82, 2.24) is 4.90 Å². The number of thioether (sulfide) groups is 1. The molecule has 0 aromatic heterocycles. The number of rotatable bonds is 10. The zero-order valence-corrected chi connectivity index (χ0v) is 20.4. The second kappa shape index (κ2) is 12.1. The molecule has 9 nitrogen and oxygen atoms in total. The molecule has 1 atom stereocenters. The number of para-hydroxylation sites is 2. The van der Waals surface area contributed by atoms with Crippen molar-refractivity contribution < 1.29 is 33.4 Å². The SMILES string of the molecule is CC[C@H](C)OC(=O)CN1C(=O)S/C(=C\c2ccc(OCC(=O)Nc3ccccc3OC)cc2)C1=O. The highest BCUT2D eigenvalue weighted by Crippen LogP contribution is 2.32. The maximum Gasteiger partial charge on any atom is 0.326 e. The monoisotopic (exact) mass is 498 g/mol. The third-order valence-electron chi connectivity index (χ3n) is 5.00. The lowest BCUT2D eigenvalue weighted by Crippen LogP contribution is -2.35. The summed E-state index contributed by atoms with van der Waals surface area (Å²) in [7, 11) is 1.52. The number of methoxy groups -OCH3 is 1. The minimum atomic E-state index is -0.626. The largest absolute Gasteiger partial charge is 0.495 e. The van der Waals surface area contributed by atoms with Crippen molar-refractivity contribution in [2.45, 2.75) is 26.4 Å². The van der Waals surface area contributed by atoms with Crippen LogP contribution in [0.5, 0.6) is 11.5 Å². The van der Waals surface area contributed by atoms with Gasteiger partial charge in [-0.15, -0.1) is 0 Å². The van der Waals surface area contributed by atoms with Crippen LogP contribution in [0, 0.1) is 0 Å². The van der Waals surface area contributed by atoms with Gasteiger partial charge in [-0.05, 0) is 61.0 Å². The van der Waals surface area contributed by atoms with E-state index < -0.39 is 23.7 Å². The third kappa shape index (κ3) is 7.10. The molecule has 0 spiro atoms. The highest BCUT2D eigenvalue weighted by molar-refractivity contribution is 8.18. The summed E-state index contributed by atoms with van der Waals surface area (Å²) in [6.07, 6.45) is 1.91. The molecular weight excluding hydrogens is 472 g/mol. The predicted octanol–water partition coefficient (Wildman–Crippen LogP) is 4.09. The van der Waals surface area contributed by atoms with Gasteiger partial charge in [-0.1, -0.05) is 31.2 Å². The van der Waals surface area contributed by atoms with E-state index in [2.05, 4.69) is 5.32 Å². The van der Waals surface area contributed by atoms with Crippen LogP contribution in [0.15, 0.2) is 53.4 Å². The van der Waals surface area contributed by atoms with Crippen LogP contribution in [0.2, 0.25) is 0 Å². The molecule has 1 aliphatic rings. The smallest absolute Gasteiger partial charge is 0.326 e. The van der Waals surface area contributed by atoms with Crippen LogP contribution in [0.4, 0.5) is 10.5 Å². The lowest BCUT2D eigenvalue weighted by molar-refractivity contribution is -0.150. The summed E-state index contributed by atoms with van der Waals surface area (Å²) in [5.74, 6) is -0.520. The second-order valence-electron chi connectivity index (χ2n) is 7.58. The molecule has 2 aromatic rings. The zero-order valence-electron chi connectivity index (χ0n) is 19.6. The van der Waals surface area contributed by atoms with Crippen LogP contribution < -0.4 is 14.8 Å². The van der Waals surface area contributed by atoms with E-state index >= 15 is 0 Å². The predicted molar refractivity (Wildman–Crippen MR) is 132 cm³/mol. The van der Waals surface area contributed by atoms with Crippen molar-refractivity contribution >= 4 is 46.5 Å². The average molecular weight is 499 g/mol. The standard InChI is InChI=1S/C25H26N2O7S/c1-4-16(2)34-23(29)14-27-24(30)21(35-25(27)31)13-17-9-11-18(12-10-17)33-15-22(28)26-19-7-5-6-8-20(19)32-3/h5-13,16H,4,14-15H2,1-3H3,(H,26,28)/b21-13-/t16-/m0/s1. The Labute approximate surface area is 207 Å². The maximum atomic E-state index is 12.6.